The third-order valence-electron chi connectivity index (χ3n) is 2.54. The molecule has 0 aliphatic heterocycles. The number of amides is 1. The highest BCUT2D eigenvalue weighted by Gasteiger charge is 2.11. The van der Waals surface area contributed by atoms with Crippen LogP contribution in [-0.4, -0.2) is 11.9 Å². The van der Waals surface area contributed by atoms with Gasteiger partial charge in [0.1, 0.15) is 0 Å². The highest BCUT2D eigenvalue weighted by Crippen LogP contribution is 2.24. The van der Waals surface area contributed by atoms with Crippen molar-refractivity contribution in [2.75, 3.05) is 0 Å². The smallest absolute Gasteiger partial charge is 0.247 e. The molecular formula is C14H25NO. The molecule has 2 heteroatoms. The van der Waals surface area contributed by atoms with Gasteiger partial charge in [0.25, 0.3) is 0 Å². The summed E-state index contributed by atoms with van der Waals surface area (Å²) in [5.74, 6) is 0.00737. The Bertz CT molecular complexity index is 303. The van der Waals surface area contributed by atoms with Gasteiger partial charge in [0, 0.05) is 11.6 Å². The van der Waals surface area contributed by atoms with Crippen molar-refractivity contribution in [3.05, 3.63) is 23.3 Å². The van der Waals surface area contributed by atoms with Crippen LogP contribution in [0.3, 0.4) is 0 Å². The van der Waals surface area contributed by atoms with Gasteiger partial charge in [0.15, 0.2) is 0 Å². The molecule has 0 saturated heterocycles. The molecule has 0 rings (SSSR count). The van der Waals surface area contributed by atoms with Crippen molar-refractivity contribution in [1.29, 1.82) is 0 Å². The van der Waals surface area contributed by atoms with E-state index >= 15 is 0 Å². The third-order valence-corrected chi connectivity index (χ3v) is 2.54. The molecule has 0 aliphatic carbocycles. The van der Waals surface area contributed by atoms with E-state index in [2.05, 4.69) is 33.0 Å². The molecule has 0 spiro atoms. The Labute approximate surface area is 99.8 Å². The van der Waals surface area contributed by atoms with Gasteiger partial charge in [-0.05, 0) is 33.1 Å². The van der Waals surface area contributed by atoms with E-state index in [4.69, 9.17) is 0 Å². The van der Waals surface area contributed by atoms with Crippen molar-refractivity contribution in [3.63, 3.8) is 0 Å². The zero-order chi connectivity index (χ0) is 12.9. The minimum absolute atomic E-state index is 0.00737. The number of carbonyl (C=O) groups is 1. The van der Waals surface area contributed by atoms with Crippen LogP contribution in [0.15, 0.2) is 23.3 Å². The largest absolute Gasteiger partial charge is 0.350 e. The molecule has 2 nitrogen and oxygen atoms in total. The fourth-order valence-corrected chi connectivity index (χ4v) is 0.952. The number of nitrogens with one attached hydrogen (secondary N) is 1. The minimum Gasteiger partial charge on any atom is -0.350 e. The third kappa shape index (κ3) is 5.74. The summed E-state index contributed by atoms with van der Waals surface area (Å²) in [5, 5.41) is 2.87. The molecule has 0 heterocycles. The van der Waals surface area contributed by atoms with E-state index in [1.54, 1.807) is 0 Å². The normalized spacial score (nSPS) is 14.2. The Kier molecular flexibility index (Phi) is 5.49. The molecular weight excluding hydrogens is 198 g/mol. The summed E-state index contributed by atoms with van der Waals surface area (Å²) in [5.41, 5.74) is 2.17. The predicted molar refractivity (Wildman–Crippen MR) is 70.2 cm³/mol. The van der Waals surface area contributed by atoms with Gasteiger partial charge in [-0.15, -0.1) is 0 Å². The number of allylic oxidation sites excluding steroid dienone is 3. The van der Waals surface area contributed by atoms with Crippen LogP contribution in [-0.2, 0) is 4.79 Å². The lowest BCUT2D eigenvalue weighted by atomic mass is 9.87. The fourth-order valence-electron chi connectivity index (χ4n) is 0.952. The molecule has 0 unspecified atom stereocenters. The number of rotatable bonds is 3. The van der Waals surface area contributed by atoms with Gasteiger partial charge in [0.05, 0.1) is 0 Å². The van der Waals surface area contributed by atoms with Crippen molar-refractivity contribution in [2.45, 2.75) is 54.5 Å². The topological polar surface area (TPSA) is 29.1 Å². The van der Waals surface area contributed by atoms with Crippen LogP contribution in [0.4, 0.5) is 0 Å². The second-order valence-corrected chi connectivity index (χ2v) is 5.58. The van der Waals surface area contributed by atoms with Crippen molar-refractivity contribution < 1.29 is 4.79 Å². The lowest BCUT2D eigenvalue weighted by molar-refractivity contribution is -0.117. The maximum Gasteiger partial charge on any atom is 0.247 e. The SMILES string of the molecule is C/C(=C\C=C(/C)C(C)(C)C)C(=O)NC(C)C. The summed E-state index contributed by atoms with van der Waals surface area (Å²) in [4.78, 5) is 11.6. The number of hydrogen-bond acceptors (Lipinski definition) is 1. The standard InChI is InChI=1S/C14H25NO/c1-10(2)15-13(16)11(3)8-9-12(4)14(5,6)7/h8-10H,1-7H3,(H,15,16)/b11-8+,12-9+. The van der Waals surface area contributed by atoms with E-state index in [0.29, 0.717) is 0 Å². The van der Waals surface area contributed by atoms with Crippen LogP contribution in [0.1, 0.15) is 48.5 Å². The van der Waals surface area contributed by atoms with E-state index in [1.807, 2.05) is 32.9 Å². The molecule has 0 aromatic rings. The molecule has 0 aromatic heterocycles. The summed E-state index contributed by atoms with van der Waals surface area (Å²) < 4.78 is 0. The first-order valence-electron chi connectivity index (χ1n) is 5.81. The lowest BCUT2D eigenvalue weighted by Crippen LogP contribution is -2.30. The van der Waals surface area contributed by atoms with Crippen LogP contribution in [0.2, 0.25) is 0 Å². The molecule has 92 valence electrons. The number of carbonyl (C=O) groups excluding carboxylic acids is 1. The van der Waals surface area contributed by atoms with Crippen molar-refractivity contribution >= 4 is 5.91 Å². The van der Waals surface area contributed by atoms with Crippen molar-refractivity contribution in [1.82, 2.24) is 5.32 Å². The first-order chi connectivity index (χ1) is 7.14. The highest BCUT2D eigenvalue weighted by molar-refractivity contribution is 5.93. The Morgan fingerprint density at radius 1 is 1.12 bits per heavy atom. The summed E-state index contributed by atoms with van der Waals surface area (Å²) in [6.45, 7) is 14.3. The van der Waals surface area contributed by atoms with Crippen LogP contribution in [0, 0.1) is 5.41 Å². The van der Waals surface area contributed by atoms with Gasteiger partial charge in [-0.3, -0.25) is 4.79 Å². The fraction of sp³-hybridized carbons (Fsp3) is 0.643. The average Bonchev–Trinajstić information content (AvgIpc) is 2.10. The van der Waals surface area contributed by atoms with Crippen molar-refractivity contribution in [2.24, 2.45) is 5.41 Å². The van der Waals surface area contributed by atoms with Crippen LogP contribution in [0.25, 0.3) is 0 Å². The van der Waals surface area contributed by atoms with Gasteiger partial charge < -0.3 is 5.32 Å². The van der Waals surface area contributed by atoms with Gasteiger partial charge >= 0.3 is 0 Å². The molecule has 1 amide bonds. The molecule has 0 radical (unpaired) electrons. The maximum atomic E-state index is 11.6. The minimum atomic E-state index is 0.00737. The van der Waals surface area contributed by atoms with Gasteiger partial charge in [0.2, 0.25) is 5.91 Å². The zero-order valence-corrected chi connectivity index (χ0v) is 11.6. The second-order valence-electron chi connectivity index (χ2n) is 5.58. The quantitative estimate of drug-likeness (QED) is 0.576. The second kappa shape index (κ2) is 5.88. The number of hydrogen-bond donors (Lipinski definition) is 1. The zero-order valence-electron chi connectivity index (χ0n) is 11.6. The van der Waals surface area contributed by atoms with E-state index in [-0.39, 0.29) is 17.4 Å². The Hall–Kier alpha value is -1.05. The molecule has 0 bridgehead atoms. The van der Waals surface area contributed by atoms with Crippen LogP contribution < -0.4 is 5.32 Å². The lowest BCUT2D eigenvalue weighted by Gasteiger charge is -2.18. The van der Waals surface area contributed by atoms with E-state index in [0.717, 1.165) is 5.57 Å². The Morgan fingerprint density at radius 2 is 1.62 bits per heavy atom. The predicted octanol–water partition coefficient (Wildman–Crippen LogP) is 3.45. The maximum absolute atomic E-state index is 11.6. The summed E-state index contributed by atoms with van der Waals surface area (Å²) in [6.07, 6.45) is 3.91. The van der Waals surface area contributed by atoms with Crippen LogP contribution in [0.5, 0.6) is 0 Å². The Morgan fingerprint density at radius 3 is 2.00 bits per heavy atom. The monoisotopic (exact) mass is 223 g/mol. The molecule has 0 aromatic carbocycles. The van der Waals surface area contributed by atoms with E-state index in [1.165, 1.54) is 5.57 Å². The molecule has 1 N–H and O–H groups in total. The van der Waals surface area contributed by atoms with Gasteiger partial charge in [-0.1, -0.05) is 38.5 Å². The van der Waals surface area contributed by atoms with Gasteiger partial charge in [-0.25, -0.2) is 0 Å². The van der Waals surface area contributed by atoms with E-state index in [9.17, 15) is 4.79 Å². The average molecular weight is 223 g/mol. The molecule has 0 fully saturated rings. The first-order valence-corrected chi connectivity index (χ1v) is 5.81. The van der Waals surface area contributed by atoms with Crippen LogP contribution >= 0.6 is 0 Å². The molecule has 16 heavy (non-hydrogen) atoms. The molecule has 0 atom stereocenters. The summed E-state index contributed by atoms with van der Waals surface area (Å²) in [7, 11) is 0. The van der Waals surface area contributed by atoms with Crippen molar-refractivity contribution in [3.8, 4) is 0 Å². The first kappa shape index (κ1) is 14.9. The highest BCUT2D eigenvalue weighted by atomic mass is 16.1. The summed E-state index contributed by atoms with van der Waals surface area (Å²) >= 11 is 0. The molecule has 0 saturated carbocycles. The summed E-state index contributed by atoms with van der Waals surface area (Å²) in [6, 6.07) is 0.184. The molecule has 0 aliphatic rings. The Balaban J connectivity index is 4.62. The van der Waals surface area contributed by atoms with E-state index < -0.39 is 0 Å². The van der Waals surface area contributed by atoms with Gasteiger partial charge in [-0.2, -0.15) is 0 Å².